The van der Waals surface area contributed by atoms with Crippen LogP contribution in [-0.2, 0) is 9.59 Å². The summed E-state index contributed by atoms with van der Waals surface area (Å²) in [6.07, 6.45) is 1.33. The zero-order valence-electron chi connectivity index (χ0n) is 14.0. The Labute approximate surface area is 140 Å². The number of carboxylic acids is 1. The molecule has 1 aromatic rings. The smallest absolute Gasteiger partial charge is 0.320 e. The van der Waals surface area contributed by atoms with E-state index in [1.807, 2.05) is 0 Å². The van der Waals surface area contributed by atoms with Crippen molar-refractivity contribution >= 4 is 17.6 Å². The monoisotopic (exact) mass is 338 g/mol. The number of rotatable bonds is 7. The molecule has 1 aliphatic heterocycles. The molecule has 8 heteroatoms. The SMILES string of the molecule is COc1cc(NC(=O)CN2CCCC2C(=O)O)cc(OC)c1OC. The van der Waals surface area contributed by atoms with Gasteiger partial charge in [-0.1, -0.05) is 0 Å². The van der Waals surface area contributed by atoms with Crippen molar-refractivity contribution in [3.63, 3.8) is 0 Å². The molecule has 1 saturated heterocycles. The fourth-order valence-corrected chi connectivity index (χ4v) is 2.83. The first kappa shape index (κ1) is 17.9. The van der Waals surface area contributed by atoms with E-state index in [-0.39, 0.29) is 12.5 Å². The minimum atomic E-state index is -0.895. The Bertz CT molecular complexity index is 594. The zero-order chi connectivity index (χ0) is 17.7. The third-order valence-electron chi connectivity index (χ3n) is 3.94. The van der Waals surface area contributed by atoms with Gasteiger partial charge in [0.1, 0.15) is 6.04 Å². The number of carboxylic acid groups (broad SMARTS) is 1. The van der Waals surface area contributed by atoms with Gasteiger partial charge < -0.3 is 24.6 Å². The number of ether oxygens (including phenoxy) is 3. The van der Waals surface area contributed by atoms with Gasteiger partial charge in [0.05, 0.1) is 27.9 Å². The van der Waals surface area contributed by atoms with Crippen LogP contribution in [-0.4, -0.2) is 62.3 Å². The van der Waals surface area contributed by atoms with Crippen LogP contribution in [0, 0.1) is 0 Å². The zero-order valence-corrected chi connectivity index (χ0v) is 14.0. The Balaban J connectivity index is 2.10. The topological polar surface area (TPSA) is 97.3 Å². The highest BCUT2D eigenvalue weighted by Gasteiger charge is 2.31. The van der Waals surface area contributed by atoms with Gasteiger partial charge in [0.15, 0.2) is 11.5 Å². The number of likely N-dealkylation sites (tertiary alicyclic amines) is 1. The number of hydrogen-bond acceptors (Lipinski definition) is 6. The average molecular weight is 338 g/mol. The van der Waals surface area contributed by atoms with Crippen molar-refractivity contribution in [1.82, 2.24) is 4.90 Å². The number of nitrogens with one attached hydrogen (secondary N) is 1. The summed E-state index contributed by atoms with van der Waals surface area (Å²) in [6, 6.07) is 2.64. The first-order chi connectivity index (χ1) is 11.5. The average Bonchev–Trinajstić information content (AvgIpc) is 3.01. The largest absolute Gasteiger partial charge is 0.493 e. The molecule has 2 rings (SSSR count). The molecule has 8 nitrogen and oxygen atoms in total. The number of amides is 1. The van der Waals surface area contributed by atoms with E-state index in [1.165, 1.54) is 21.3 Å². The standard InChI is InChI=1S/C16H22N2O6/c1-22-12-7-10(8-13(23-2)15(12)24-3)17-14(19)9-18-6-4-5-11(18)16(20)21/h7-8,11H,4-6,9H2,1-3H3,(H,17,19)(H,20,21). The Morgan fingerprint density at radius 3 is 2.33 bits per heavy atom. The highest BCUT2D eigenvalue weighted by Crippen LogP contribution is 2.39. The molecule has 1 fully saturated rings. The van der Waals surface area contributed by atoms with Crippen molar-refractivity contribution in [2.75, 3.05) is 39.7 Å². The fraction of sp³-hybridized carbons (Fsp3) is 0.500. The summed E-state index contributed by atoms with van der Waals surface area (Å²) in [5.74, 6) is 0.0995. The van der Waals surface area contributed by atoms with E-state index in [2.05, 4.69) is 5.32 Å². The molecular formula is C16H22N2O6. The van der Waals surface area contributed by atoms with E-state index in [0.29, 0.717) is 35.9 Å². The van der Waals surface area contributed by atoms with E-state index < -0.39 is 12.0 Å². The maximum atomic E-state index is 12.2. The van der Waals surface area contributed by atoms with Crippen molar-refractivity contribution in [3.8, 4) is 17.2 Å². The van der Waals surface area contributed by atoms with Crippen molar-refractivity contribution in [3.05, 3.63) is 12.1 Å². The molecule has 1 aliphatic rings. The van der Waals surface area contributed by atoms with Crippen molar-refractivity contribution in [2.24, 2.45) is 0 Å². The van der Waals surface area contributed by atoms with Gasteiger partial charge in [-0.15, -0.1) is 0 Å². The maximum absolute atomic E-state index is 12.2. The highest BCUT2D eigenvalue weighted by molar-refractivity contribution is 5.93. The Kier molecular flexibility index (Phi) is 5.86. The summed E-state index contributed by atoms with van der Waals surface area (Å²) >= 11 is 0. The molecular weight excluding hydrogens is 316 g/mol. The van der Waals surface area contributed by atoms with Crippen LogP contribution in [0.3, 0.4) is 0 Å². The van der Waals surface area contributed by atoms with Gasteiger partial charge in [-0.2, -0.15) is 0 Å². The van der Waals surface area contributed by atoms with Crippen LogP contribution >= 0.6 is 0 Å². The molecule has 0 radical (unpaired) electrons. The molecule has 132 valence electrons. The first-order valence-corrected chi connectivity index (χ1v) is 7.56. The Morgan fingerprint density at radius 1 is 1.21 bits per heavy atom. The predicted octanol–water partition coefficient (Wildman–Crippen LogP) is 1.20. The van der Waals surface area contributed by atoms with Gasteiger partial charge in [0.25, 0.3) is 0 Å². The predicted molar refractivity (Wildman–Crippen MR) is 87.0 cm³/mol. The molecule has 24 heavy (non-hydrogen) atoms. The lowest BCUT2D eigenvalue weighted by atomic mass is 10.2. The number of methoxy groups -OCH3 is 3. The second kappa shape index (κ2) is 7.87. The molecule has 0 spiro atoms. The molecule has 1 heterocycles. The number of anilines is 1. The normalized spacial score (nSPS) is 17.4. The summed E-state index contributed by atoms with van der Waals surface area (Å²) in [4.78, 5) is 25.1. The number of hydrogen-bond donors (Lipinski definition) is 2. The van der Waals surface area contributed by atoms with Crippen LogP contribution in [0.5, 0.6) is 17.2 Å². The van der Waals surface area contributed by atoms with Crippen molar-refractivity contribution < 1.29 is 28.9 Å². The lowest BCUT2D eigenvalue weighted by Gasteiger charge is -2.20. The number of aliphatic carboxylic acids is 1. The van der Waals surface area contributed by atoms with E-state index in [4.69, 9.17) is 19.3 Å². The van der Waals surface area contributed by atoms with Gasteiger partial charge in [0, 0.05) is 17.8 Å². The third-order valence-corrected chi connectivity index (χ3v) is 3.94. The van der Waals surface area contributed by atoms with Crippen molar-refractivity contribution in [1.29, 1.82) is 0 Å². The first-order valence-electron chi connectivity index (χ1n) is 7.56. The van der Waals surface area contributed by atoms with Gasteiger partial charge in [0.2, 0.25) is 11.7 Å². The molecule has 0 bridgehead atoms. The van der Waals surface area contributed by atoms with Gasteiger partial charge >= 0.3 is 5.97 Å². The van der Waals surface area contributed by atoms with Gasteiger partial charge in [-0.3, -0.25) is 14.5 Å². The van der Waals surface area contributed by atoms with Gasteiger partial charge in [-0.05, 0) is 19.4 Å². The molecule has 0 saturated carbocycles. The van der Waals surface area contributed by atoms with E-state index in [0.717, 1.165) is 6.42 Å². The number of benzene rings is 1. The quantitative estimate of drug-likeness (QED) is 0.771. The molecule has 1 unspecified atom stereocenters. The number of carbonyl (C=O) groups excluding carboxylic acids is 1. The summed E-state index contributed by atoms with van der Waals surface area (Å²) in [5.41, 5.74) is 0.487. The Morgan fingerprint density at radius 2 is 1.83 bits per heavy atom. The molecule has 1 atom stereocenters. The summed E-state index contributed by atoms with van der Waals surface area (Å²) in [7, 11) is 4.48. The van der Waals surface area contributed by atoms with Crippen LogP contribution in [0.15, 0.2) is 12.1 Å². The molecule has 1 amide bonds. The molecule has 2 N–H and O–H groups in total. The van der Waals surface area contributed by atoms with E-state index in [9.17, 15) is 9.59 Å². The van der Waals surface area contributed by atoms with Crippen LogP contribution in [0.1, 0.15) is 12.8 Å². The molecule has 0 aromatic heterocycles. The van der Waals surface area contributed by atoms with Crippen LogP contribution in [0.25, 0.3) is 0 Å². The van der Waals surface area contributed by atoms with Crippen LogP contribution in [0.2, 0.25) is 0 Å². The minimum absolute atomic E-state index is 0.0215. The lowest BCUT2D eigenvalue weighted by Crippen LogP contribution is -2.40. The number of carbonyl (C=O) groups is 2. The van der Waals surface area contributed by atoms with Gasteiger partial charge in [-0.25, -0.2) is 0 Å². The summed E-state index contributed by atoms with van der Waals surface area (Å²) in [5, 5.41) is 11.9. The lowest BCUT2D eigenvalue weighted by molar-refractivity contribution is -0.142. The summed E-state index contributed by atoms with van der Waals surface area (Å²) < 4.78 is 15.7. The van der Waals surface area contributed by atoms with Crippen LogP contribution in [0.4, 0.5) is 5.69 Å². The third kappa shape index (κ3) is 3.88. The van der Waals surface area contributed by atoms with Crippen LogP contribution < -0.4 is 19.5 Å². The summed E-state index contributed by atoms with van der Waals surface area (Å²) in [6.45, 7) is 0.618. The highest BCUT2D eigenvalue weighted by atomic mass is 16.5. The molecule has 0 aliphatic carbocycles. The van der Waals surface area contributed by atoms with Crippen molar-refractivity contribution in [2.45, 2.75) is 18.9 Å². The second-order valence-corrected chi connectivity index (χ2v) is 5.43. The van der Waals surface area contributed by atoms with E-state index in [1.54, 1.807) is 17.0 Å². The van der Waals surface area contributed by atoms with E-state index >= 15 is 0 Å². The molecule has 1 aromatic carbocycles. The fourth-order valence-electron chi connectivity index (χ4n) is 2.83. The second-order valence-electron chi connectivity index (χ2n) is 5.43. The Hall–Kier alpha value is -2.48. The maximum Gasteiger partial charge on any atom is 0.320 e. The number of nitrogens with zero attached hydrogens (tertiary/aromatic N) is 1. The minimum Gasteiger partial charge on any atom is -0.493 e.